The van der Waals surface area contributed by atoms with Crippen molar-refractivity contribution in [1.82, 2.24) is 15.5 Å². The molecule has 2 aliphatic heterocycles. The minimum absolute atomic E-state index is 0.0825. The summed E-state index contributed by atoms with van der Waals surface area (Å²) in [6.07, 6.45) is 0.599. The Morgan fingerprint density at radius 3 is 2.68 bits per heavy atom. The third-order valence-corrected chi connectivity index (χ3v) is 4.32. The monoisotopic (exact) mass is 343 g/mol. The van der Waals surface area contributed by atoms with E-state index in [-0.39, 0.29) is 29.9 Å². The normalized spacial score (nSPS) is 19.7. The van der Waals surface area contributed by atoms with Crippen LogP contribution in [-0.2, 0) is 20.8 Å². The Morgan fingerprint density at radius 2 is 2.00 bits per heavy atom. The number of nitrogens with zero attached hydrogens (tertiary/aromatic N) is 1. The molecule has 2 aliphatic rings. The average molecular weight is 343 g/mol. The van der Waals surface area contributed by atoms with Crippen LogP contribution >= 0.6 is 0 Å². The van der Waals surface area contributed by atoms with Crippen molar-refractivity contribution in [2.75, 3.05) is 6.54 Å². The number of fused-ring (bicyclic) bond motifs is 1. The summed E-state index contributed by atoms with van der Waals surface area (Å²) in [4.78, 5) is 60.7. The molecule has 8 heteroatoms. The number of amides is 5. The van der Waals surface area contributed by atoms with Crippen molar-refractivity contribution in [2.24, 2.45) is 0 Å². The highest BCUT2D eigenvalue weighted by Gasteiger charge is 2.45. The molecule has 0 spiro atoms. The molecule has 25 heavy (non-hydrogen) atoms. The van der Waals surface area contributed by atoms with Gasteiger partial charge in [0.25, 0.3) is 11.8 Å². The fraction of sp³-hybridized carbons (Fsp3) is 0.353. The van der Waals surface area contributed by atoms with Gasteiger partial charge in [-0.25, -0.2) is 0 Å². The highest BCUT2D eigenvalue weighted by atomic mass is 16.2. The van der Waals surface area contributed by atoms with Gasteiger partial charge in [-0.3, -0.25) is 34.2 Å². The molecule has 2 heterocycles. The fourth-order valence-corrected chi connectivity index (χ4v) is 3.17. The Kier molecular flexibility index (Phi) is 4.35. The van der Waals surface area contributed by atoms with E-state index in [9.17, 15) is 24.0 Å². The second-order valence-corrected chi connectivity index (χ2v) is 6.02. The van der Waals surface area contributed by atoms with Crippen LogP contribution < -0.4 is 10.6 Å². The van der Waals surface area contributed by atoms with E-state index in [1.165, 1.54) is 6.92 Å². The molecule has 130 valence electrons. The molecule has 1 saturated heterocycles. The van der Waals surface area contributed by atoms with Crippen LogP contribution in [0.15, 0.2) is 18.2 Å². The number of benzene rings is 1. The van der Waals surface area contributed by atoms with Gasteiger partial charge in [0, 0.05) is 19.9 Å². The number of hydrogen-bond acceptors (Lipinski definition) is 5. The number of imide groups is 2. The third-order valence-electron chi connectivity index (χ3n) is 4.32. The van der Waals surface area contributed by atoms with Gasteiger partial charge in [0.15, 0.2) is 0 Å². The van der Waals surface area contributed by atoms with Crippen molar-refractivity contribution in [1.29, 1.82) is 0 Å². The van der Waals surface area contributed by atoms with Gasteiger partial charge in [0.1, 0.15) is 6.04 Å². The summed E-state index contributed by atoms with van der Waals surface area (Å²) in [6.45, 7) is 1.74. The van der Waals surface area contributed by atoms with Crippen LogP contribution in [0.4, 0.5) is 0 Å². The van der Waals surface area contributed by atoms with Crippen molar-refractivity contribution < 1.29 is 24.0 Å². The van der Waals surface area contributed by atoms with E-state index in [4.69, 9.17) is 0 Å². The summed E-state index contributed by atoms with van der Waals surface area (Å²) in [6, 6.07) is 3.96. The Bertz CT molecular complexity index is 801. The lowest BCUT2D eigenvalue weighted by atomic mass is 10.0. The van der Waals surface area contributed by atoms with Crippen LogP contribution in [0.25, 0.3) is 0 Å². The highest BCUT2D eigenvalue weighted by molar-refractivity contribution is 6.24. The second-order valence-electron chi connectivity index (χ2n) is 6.02. The lowest BCUT2D eigenvalue weighted by Crippen LogP contribution is -2.54. The quantitative estimate of drug-likeness (QED) is 0.733. The number of carbonyl (C=O) groups excluding carboxylic acids is 5. The molecule has 0 aromatic heterocycles. The van der Waals surface area contributed by atoms with Gasteiger partial charge in [-0.2, -0.15) is 0 Å². The van der Waals surface area contributed by atoms with Gasteiger partial charge in [-0.1, -0.05) is 12.1 Å². The van der Waals surface area contributed by atoms with E-state index in [1.807, 2.05) is 0 Å². The summed E-state index contributed by atoms with van der Waals surface area (Å²) >= 11 is 0. The van der Waals surface area contributed by atoms with E-state index in [1.54, 1.807) is 18.2 Å². The molecule has 1 atom stereocenters. The predicted molar refractivity (Wildman–Crippen MR) is 85.5 cm³/mol. The molecular formula is C17H17N3O5. The molecule has 2 N–H and O–H groups in total. The Hall–Kier alpha value is -3.03. The van der Waals surface area contributed by atoms with Gasteiger partial charge < -0.3 is 5.32 Å². The minimum Gasteiger partial charge on any atom is -0.356 e. The molecular weight excluding hydrogens is 326 g/mol. The van der Waals surface area contributed by atoms with E-state index in [2.05, 4.69) is 10.6 Å². The van der Waals surface area contributed by atoms with Crippen LogP contribution in [0.2, 0.25) is 0 Å². The minimum atomic E-state index is -0.978. The molecule has 0 bridgehead atoms. The molecule has 1 unspecified atom stereocenters. The fourth-order valence-electron chi connectivity index (χ4n) is 3.17. The van der Waals surface area contributed by atoms with Crippen molar-refractivity contribution >= 4 is 29.5 Å². The smallest absolute Gasteiger partial charge is 0.262 e. The van der Waals surface area contributed by atoms with Crippen molar-refractivity contribution in [2.45, 2.75) is 32.2 Å². The zero-order valence-electron chi connectivity index (χ0n) is 13.6. The molecule has 3 rings (SSSR count). The first-order valence-corrected chi connectivity index (χ1v) is 7.98. The molecule has 1 aromatic carbocycles. The molecule has 0 radical (unpaired) electrons. The maximum Gasteiger partial charge on any atom is 0.262 e. The van der Waals surface area contributed by atoms with E-state index < -0.39 is 29.7 Å². The largest absolute Gasteiger partial charge is 0.356 e. The number of piperidine rings is 1. The summed E-state index contributed by atoms with van der Waals surface area (Å²) < 4.78 is 0. The SMILES string of the molecule is CC(=O)NCCc1cccc2c1C(=O)N(C1CCC(=O)NC1=O)C2=O. The zero-order valence-corrected chi connectivity index (χ0v) is 13.6. The maximum absolute atomic E-state index is 12.8. The maximum atomic E-state index is 12.8. The first-order chi connectivity index (χ1) is 11.9. The zero-order chi connectivity index (χ0) is 18.1. The molecule has 0 aliphatic carbocycles. The standard InChI is InChI=1S/C17H17N3O5/c1-9(21)18-8-7-10-3-2-4-11-14(10)17(25)20(16(11)24)12-5-6-13(22)19-15(12)23/h2-4,12H,5-8H2,1H3,(H,18,21)(H,19,22,23). The van der Waals surface area contributed by atoms with Crippen LogP contribution in [-0.4, -0.2) is 47.0 Å². The molecule has 0 saturated carbocycles. The average Bonchev–Trinajstić information content (AvgIpc) is 2.80. The number of hydrogen-bond donors (Lipinski definition) is 2. The molecule has 8 nitrogen and oxygen atoms in total. The van der Waals surface area contributed by atoms with E-state index >= 15 is 0 Å². The van der Waals surface area contributed by atoms with Gasteiger partial charge in [0.05, 0.1) is 11.1 Å². The second kappa shape index (κ2) is 6.46. The third kappa shape index (κ3) is 3.02. The Labute approximate surface area is 143 Å². The van der Waals surface area contributed by atoms with Crippen LogP contribution in [0.3, 0.4) is 0 Å². The highest BCUT2D eigenvalue weighted by Crippen LogP contribution is 2.30. The lowest BCUT2D eigenvalue weighted by Gasteiger charge is -2.27. The molecule has 1 fully saturated rings. The lowest BCUT2D eigenvalue weighted by molar-refractivity contribution is -0.136. The number of nitrogens with one attached hydrogen (secondary N) is 2. The molecule has 5 amide bonds. The molecule has 1 aromatic rings. The van der Waals surface area contributed by atoms with E-state index in [0.29, 0.717) is 18.5 Å². The first kappa shape index (κ1) is 16.8. The van der Waals surface area contributed by atoms with Crippen molar-refractivity contribution in [3.63, 3.8) is 0 Å². The van der Waals surface area contributed by atoms with Gasteiger partial charge >= 0.3 is 0 Å². The van der Waals surface area contributed by atoms with Crippen LogP contribution in [0, 0.1) is 0 Å². The van der Waals surface area contributed by atoms with Crippen molar-refractivity contribution in [3.8, 4) is 0 Å². The summed E-state index contributed by atoms with van der Waals surface area (Å²) in [5, 5.41) is 4.81. The topological polar surface area (TPSA) is 113 Å². The summed E-state index contributed by atoms with van der Waals surface area (Å²) in [5.74, 6) is -2.29. The Morgan fingerprint density at radius 1 is 1.24 bits per heavy atom. The van der Waals surface area contributed by atoms with Crippen LogP contribution in [0.1, 0.15) is 46.0 Å². The van der Waals surface area contributed by atoms with Crippen molar-refractivity contribution in [3.05, 3.63) is 34.9 Å². The van der Waals surface area contributed by atoms with Crippen LogP contribution in [0.5, 0.6) is 0 Å². The summed E-state index contributed by atoms with van der Waals surface area (Å²) in [5.41, 5.74) is 1.15. The van der Waals surface area contributed by atoms with Gasteiger partial charge in [0.2, 0.25) is 17.7 Å². The number of carbonyl (C=O) groups is 5. The van der Waals surface area contributed by atoms with Gasteiger partial charge in [-0.05, 0) is 24.5 Å². The first-order valence-electron chi connectivity index (χ1n) is 7.98. The predicted octanol–water partition coefficient (Wildman–Crippen LogP) is -0.234. The Balaban J connectivity index is 1.87. The van der Waals surface area contributed by atoms with E-state index in [0.717, 1.165) is 4.90 Å². The number of rotatable bonds is 4. The summed E-state index contributed by atoms with van der Waals surface area (Å²) in [7, 11) is 0. The van der Waals surface area contributed by atoms with Gasteiger partial charge in [-0.15, -0.1) is 0 Å².